The number of guanidine groups is 1. The van der Waals surface area contributed by atoms with E-state index in [2.05, 4.69) is 21.7 Å². The summed E-state index contributed by atoms with van der Waals surface area (Å²) in [5, 5.41) is 7.66. The van der Waals surface area contributed by atoms with Crippen LogP contribution in [-0.2, 0) is 10.2 Å². The van der Waals surface area contributed by atoms with Crippen molar-refractivity contribution in [3.05, 3.63) is 53.1 Å². The average Bonchev–Trinajstić information content (AvgIpc) is 3.02. The van der Waals surface area contributed by atoms with Crippen molar-refractivity contribution in [2.75, 3.05) is 45.3 Å². The van der Waals surface area contributed by atoms with Gasteiger partial charge in [0, 0.05) is 55.4 Å². The second-order valence-electron chi connectivity index (χ2n) is 7.64. The van der Waals surface area contributed by atoms with Gasteiger partial charge in [-0.2, -0.15) is 0 Å². The summed E-state index contributed by atoms with van der Waals surface area (Å²) in [6, 6.07) is 13.9. The van der Waals surface area contributed by atoms with Crippen molar-refractivity contribution < 1.29 is 14.2 Å². The second kappa shape index (κ2) is 9.58. The fourth-order valence-electron chi connectivity index (χ4n) is 4.00. The predicted octanol–water partition coefficient (Wildman–Crippen LogP) is 4.24. The van der Waals surface area contributed by atoms with Crippen LogP contribution in [0.25, 0.3) is 0 Å². The predicted molar refractivity (Wildman–Crippen MR) is 120 cm³/mol. The Balaban J connectivity index is 1.48. The maximum Gasteiger partial charge on any atom is 0.195 e. The van der Waals surface area contributed by atoms with Crippen LogP contribution >= 0.6 is 11.6 Å². The molecule has 2 aromatic carbocycles. The topological polar surface area (TPSA) is 64.1 Å². The second-order valence-corrected chi connectivity index (χ2v) is 8.04. The number of rotatable bonds is 4. The van der Waals surface area contributed by atoms with Gasteiger partial charge in [-0.25, -0.2) is 0 Å². The Labute approximate surface area is 182 Å². The third-order valence-electron chi connectivity index (χ3n) is 5.72. The monoisotopic (exact) mass is 429 g/mol. The van der Waals surface area contributed by atoms with E-state index < -0.39 is 0 Å². The summed E-state index contributed by atoms with van der Waals surface area (Å²) in [6.07, 6.45) is 2.70. The number of anilines is 1. The van der Waals surface area contributed by atoms with Crippen LogP contribution in [0.1, 0.15) is 24.8 Å². The molecule has 6 nitrogen and oxygen atoms in total. The first-order valence-corrected chi connectivity index (χ1v) is 10.8. The minimum atomic E-state index is -0.0983. The Morgan fingerprint density at radius 1 is 1.03 bits per heavy atom. The number of halogens is 1. The molecule has 0 saturated carbocycles. The van der Waals surface area contributed by atoms with E-state index in [0.29, 0.717) is 25.7 Å². The van der Waals surface area contributed by atoms with Crippen LogP contribution in [0.15, 0.2) is 47.5 Å². The molecule has 4 rings (SSSR count). The lowest BCUT2D eigenvalue weighted by molar-refractivity contribution is 0.0515. The molecular weight excluding hydrogens is 402 g/mol. The van der Waals surface area contributed by atoms with Crippen LogP contribution in [0.2, 0.25) is 5.02 Å². The van der Waals surface area contributed by atoms with E-state index in [0.717, 1.165) is 60.2 Å². The molecule has 2 aliphatic rings. The van der Waals surface area contributed by atoms with Gasteiger partial charge in [-0.3, -0.25) is 4.99 Å². The molecule has 0 bridgehead atoms. The molecule has 2 N–H and O–H groups in total. The molecule has 30 heavy (non-hydrogen) atoms. The zero-order valence-corrected chi connectivity index (χ0v) is 18.0. The van der Waals surface area contributed by atoms with Crippen LogP contribution in [0, 0.1) is 0 Å². The zero-order chi connectivity index (χ0) is 20.8. The fourth-order valence-corrected chi connectivity index (χ4v) is 4.34. The lowest BCUT2D eigenvalue weighted by Gasteiger charge is -2.38. The van der Waals surface area contributed by atoms with E-state index in [1.54, 1.807) is 7.05 Å². The average molecular weight is 430 g/mol. The highest BCUT2D eigenvalue weighted by Gasteiger charge is 2.36. The van der Waals surface area contributed by atoms with Gasteiger partial charge in [0.1, 0.15) is 0 Å². The first-order valence-electron chi connectivity index (χ1n) is 10.4. The number of aliphatic imine (C=N–C) groups is 1. The van der Waals surface area contributed by atoms with E-state index in [9.17, 15) is 0 Å². The summed E-state index contributed by atoms with van der Waals surface area (Å²) in [6.45, 7) is 3.50. The Morgan fingerprint density at radius 3 is 2.57 bits per heavy atom. The zero-order valence-electron chi connectivity index (χ0n) is 17.2. The van der Waals surface area contributed by atoms with Crippen LogP contribution in [0.4, 0.5) is 5.69 Å². The summed E-state index contributed by atoms with van der Waals surface area (Å²) in [5.74, 6) is 2.23. The van der Waals surface area contributed by atoms with E-state index in [-0.39, 0.29) is 5.41 Å². The van der Waals surface area contributed by atoms with Crippen molar-refractivity contribution in [1.82, 2.24) is 5.32 Å². The summed E-state index contributed by atoms with van der Waals surface area (Å²) < 4.78 is 17.1. The van der Waals surface area contributed by atoms with Crippen molar-refractivity contribution >= 4 is 23.2 Å². The lowest BCUT2D eigenvalue weighted by Crippen LogP contribution is -2.46. The number of fused-ring (bicyclic) bond motifs is 1. The van der Waals surface area contributed by atoms with Gasteiger partial charge in [-0.15, -0.1) is 0 Å². The molecule has 160 valence electrons. The van der Waals surface area contributed by atoms with Gasteiger partial charge in [0.2, 0.25) is 0 Å². The van der Waals surface area contributed by atoms with Gasteiger partial charge in [0.05, 0.1) is 13.2 Å². The first kappa shape index (κ1) is 20.8. The van der Waals surface area contributed by atoms with Crippen molar-refractivity contribution in [3.63, 3.8) is 0 Å². The molecule has 7 heteroatoms. The largest absolute Gasteiger partial charge is 0.490 e. The van der Waals surface area contributed by atoms with Gasteiger partial charge >= 0.3 is 0 Å². The van der Waals surface area contributed by atoms with E-state index in [1.807, 2.05) is 36.4 Å². The number of nitrogens with zero attached hydrogens (tertiary/aromatic N) is 1. The highest BCUT2D eigenvalue weighted by atomic mass is 35.5. The van der Waals surface area contributed by atoms with Crippen molar-refractivity contribution in [2.45, 2.75) is 24.7 Å². The minimum absolute atomic E-state index is 0.0983. The quantitative estimate of drug-likeness (QED) is 0.562. The van der Waals surface area contributed by atoms with E-state index in [1.165, 1.54) is 0 Å². The van der Waals surface area contributed by atoms with Crippen LogP contribution < -0.4 is 20.1 Å². The highest BCUT2D eigenvalue weighted by Crippen LogP contribution is 2.38. The molecule has 2 aromatic rings. The molecule has 0 spiro atoms. The summed E-state index contributed by atoms with van der Waals surface area (Å²) in [4.78, 5) is 4.40. The van der Waals surface area contributed by atoms with E-state index >= 15 is 0 Å². The van der Waals surface area contributed by atoms with Crippen molar-refractivity contribution in [3.8, 4) is 11.5 Å². The number of hydrogen-bond acceptors (Lipinski definition) is 4. The molecule has 0 atom stereocenters. The van der Waals surface area contributed by atoms with Gasteiger partial charge in [-0.05, 0) is 36.6 Å². The first-order chi connectivity index (χ1) is 14.7. The maximum absolute atomic E-state index is 6.57. The number of nitrogens with one attached hydrogen (secondary N) is 2. The van der Waals surface area contributed by atoms with Gasteiger partial charge in [0.25, 0.3) is 0 Å². The SMILES string of the molecule is CN=C(NCC1(c2ccccc2Cl)CCOCC1)Nc1ccc2c(c1)OCCCO2. The maximum atomic E-state index is 6.57. The Bertz CT molecular complexity index is 897. The molecule has 1 saturated heterocycles. The normalized spacial score (nSPS) is 18.4. The highest BCUT2D eigenvalue weighted by molar-refractivity contribution is 6.31. The Hall–Kier alpha value is -2.44. The Morgan fingerprint density at radius 2 is 1.80 bits per heavy atom. The lowest BCUT2D eigenvalue weighted by atomic mass is 9.74. The van der Waals surface area contributed by atoms with Gasteiger partial charge < -0.3 is 24.8 Å². The van der Waals surface area contributed by atoms with Gasteiger partial charge in [0.15, 0.2) is 17.5 Å². The molecular formula is C23H28ClN3O3. The number of hydrogen-bond donors (Lipinski definition) is 2. The molecule has 0 amide bonds. The molecule has 1 fully saturated rings. The van der Waals surface area contributed by atoms with Crippen molar-refractivity contribution in [1.29, 1.82) is 0 Å². The fraction of sp³-hybridized carbons (Fsp3) is 0.435. The smallest absolute Gasteiger partial charge is 0.195 e. The van der Waals surface area contributed by atoms with Gasteiger partial charge in [-0.1, -0.05) is 29.8 Å². The van der Waals surface area contributed by atoms with Crippen molar-refractivity contribution in [2.24, 2.45) is 4.99 Å². The summed E-state index contributed by atoms with van der Waals surface area (Å²) in [7, 11) is 1.77. The molecule has 2 heterocycles. The molecule has 0 radical (unpaired) electrons. The van der Waals surface area contributed by atoms with E-state index in [4.69, 9.17) is 25.8 Å². The third kappa shape index (κ3) is 4.65. The van der Waals surface area contributed by atoms with Crippen LogP contribution in [-0.4, -0.2) is 46.0 Å². The molecule has 2 aliphatic heterocycles. The molecule has 0 unspecified atom stereocenters. The molecule has 0 aliphatic carbocycles. The van der Waals surface area contributed by atoms with Crippen LogP contribution in [0.5, 0.6) is 11.5 Å². The third-order valence-corrected chi connectivity index (χ3v) is 6.05. The van der Waals surface area contributed by atoms with Crippen LogP contribution in [0.3, 0.4) is 0 Å². The number of benzene rings is 2. The molecule has 0 aromatic heterocycles. The minimum Gasteiger partial charge on any atom is -0.490 e. The summed E-state index contributed by atoms with van der Waals surface area (Å²) >= 11 is 6.57. The Kier molecular flexibility index (Phi) is 6.65. The standard InChI is InChI=1S/C23H28ClN3O3/c1-25-22(27-17-7-8-20-21(15-17)30-12-4-11-29-20)26-16-23(9-13-28-14-10-23)18-5-2-3-6-19(18)24/h2-3,5-8,15H,4,9-14,16H2,1H3,(H2,25,26,27). The number of ether oxygens (including phenoxy) is 3. The summed E-state index contributed by atoms with van der Waals surface area (Å²) in [5.41, 5.74) is 1.96.